The molecule has 1 aliphatic carbocycles. The van der Waals surface area contributed by atoms with E-state index in [1.807, 2.05) is 4.72 Å². The standard InChI is InChI=1S/C26H21F3N4O5S/c1-12-4-7-19-15(9-12)20(14-3-2-8-31-25(14)35)23(26(36)32-39(37,38)13-5-6-13)33(19)11-17-21(28)16(24(30)34)10-18(27)22(17)29/h2-4,7-10,13H,5-6,11H2,1H3,(H2,30,34)(H,31,35)(H,32,36). The van der Waals surface area contributed by atoms with Gasteiger partial charge in [0.1, 0.15) is 11.5 Å². The van der Waals surface area contributed by atoms with Crippen LogP contribution in [0.1, 0.15) is 44.8 Å². The van der Waals surface area contributed by atoms with Gasteiger partial charge in [0, 0.05) is 33.8 Å². The number of carbonyl (C=O) groups excluding carboxylic acids is 2. The third kappa shape index (κ3) is 4.58. The van der Waals surface area contributed by atoms with E-state index in [0.29, 0.717) is 29.9 Å². The van der Waals surface area contributed by atoms with Crippen molar-refractivity contribution in [2.45, 2.75) is 31.6 Å². The first kappa shape index (κ1) is 26.2. The Hall–Kier alpha value is -4.39. The van der Waals surface area contributed by atoms with Crippen LogP contribution in [0.5, 0.6) is 0 Å². The zero-order chi connectivity index (χ0) is 28.2. The van der Waals surface area contributed by atoms with E-state index in [1.165, 1.54) is 24.4 Å². The molecule has 9 nitrogen and oxygen atoms in total. The molecule has 1 aliphatic rings. The first-order valence-electron chi connectivity index (χ1n) is 11.7. The number of pyridine rings is 1. The molecule has 4 aromatic rings. The van der Waals surface area contributed by atoms with Crippen LogP contribution in [-0.4, -0.2) is 35.0 Å². The van der Waals surface area contributed by atoms with E-state index in [4.69, 9.17) is 5.73 Å². The van der Waals surface area contributed by atoms with Gasteiger partial charge < -0.3 is 15.3 Å². The molecule has 0 atom stereocenters. The molecule has 2 aromatic carbocycles. The lowest BCUT2D eigenvalue weighted by Crippen LogP contribution is -2.35. The molecule has 2 aromatic heterocycles. The Morgan fingerprint density at radius 2 is 1.85 bits per heavy atom. The molecule has 39 heavy (non-hydrogen) atoms. The summed E-state index contributed by atoms with van der Waals surface area (Å²) in [6, 6.07) is 7.99. The number of aryl methyl sites for hydroxylation is 1. The maximum absolute atomic E-state index is 15.3. The average molecular weight is 559 g/mol. The molecule has 5 rings (SSSR count). The van der Waals surface area contributed by atoms with Crippen molar-refractivity contribution in [1.29, 1.82) is 0 Å². The number of sulfonamides is 1. The molecule has 202 valence electrons. The SMILES string of the molecule is Cc1ccc2c(c1)c(-c1ccc[nH]c1=O)c(C(=O)NS(=O)(=O)C1CC1)n2Cc1c(F)c(F)cc(C(N)=O)c1F. The van der Waals surface area contributed by atoms with E-state index in [0.717, 1.165) is 4.57 Å². The normalized spacial score (nSPS) is 13.5. The lowest BCUT2D eigenvalue weighted by atomic mass is 10.0. The zero-order valence-corrected chi connectivity index (χ0v) is 21.2. The number of benzene rings is 2. The number of nitrogens with two attached hydrogens (primary N) is 1. The van der Waals surface area contributed by atoms with E-state index >= 15 is 4.39 Å². The van der Waals surface area contributed by atoms with Crippen LogP contribution in [0.4, 0.5) is 13.2 Å². The van der Waals surface area contributed by atoms with Gasteiger partial charge in [-0.3, -0.25) is 14.4 Å². The van der Waals surface area contributed by atoms with Crippen molar-refractivity contribution in [3.05, 3.63) is 92.8 Å². The van der Waals surface area contributed by atoms with Crippen molar-refractivity contribution in [2.24, 2.45) is 5.73 Å². The Balaban J connectivity index is 1.84. The van der Waals surface area contributed by atoms with Crippen LogP contribution >= 0.6 is 0 Å². The Morgan fingerprint density at radius 3 is 2.49 bits per heavy atom. The minimum atomic E-state index is -4.09. The van der Waals surface area contributed by atoms with Gasteiger partial charge in [-0.1, -0.05) is 11.6 Å². The van der Waals surface area contributed by atoms with E-state index in [9.17, 15) is 31.6 Å². The van der Waals surface area contributed by atoms with Gasteiger partial charge in [0.2, 0.25) is 10.0 Å². The number of nitrogens with zero attached hydrogens (tertiary/aromatic N) is 1. The molecule has 0 radical (unpaired) electrons. The molecule has 1 saturated carbocycles. The van der Waals surface area contributed by atoms with Crippen molar-refractivity contribution >= 4 is 32.7 Å². The fourth-order valence-corrected chi connectivity index (χ4v) is 5.81. The smallest absolute Gasteiger partial charge is 0.282 e. The minimum Gasteiger partial charge on any atom is -0.366 e. The average Bonchev–Trinajstić information content (AvgIpc) is 3.68. The maximum Gasteiger partial charge on any atom is 0.282 e. The van der Waals surface area contributed by atoms with Crippen LogP contribution in [0.3, 0.4) is 0 Å². The predicted octanol–water partition coefficient (Wildman–Crippen LogP) is 3.09. The summed E-state index contributed by atoms with van der Waals surface area (Å²) < 4.78 is 73.0. The van der Waals surface area contributed by atoms with Crippen LogP contribution in [-0.2, 0) is 16.6 Å². The van der Waals surface area contributed by atoms with Crippen molar-refractivity contribution in [3.63, 3.8) is 0 Å². The topological polar surface area (TPSA) is 144 Å². The second-order valence-electron chi connectivity index (χ2n) is 9.30. The number of hydrogen-bond acceptors (Lipinski definition) is 5. The van der Waals surface area contributed by atoms with E-state index in [1.54, 1.807) is 19.1 Å². The molecule has 2 heterocycles. The number of nitrogens with one attached hydrogen (secondary N) is 2. The summed E-state index contributed by atoms with van der Waals surface area (Å²) >= 11 is 0. The third-order valence-corrected chi connectivity index (χ3v) is 8.37. The summed E-state index contributed by atoms with van der Waals surface area (Å²) in [4.78, 5) is 40.6. The van der Waals surface area contributed by atoms with Gasteiger partial charge in [-0.2, -0.15) is 0 Å². The molecule has 0 saturated heterocycles. The molecule has 0 unspecified atom stereocenters. The Kier molecular flexibility index (Phi) is 6.33. The van der Waals surface area contributed by atoms with Crippen molar-refractivity contribution in [2.75, 3.05) is 0 Å². The molecule has 1 fully saturated rings. The van der Waals surface area contributed by atoms with Gasteiger partial charge >= 0.3 is 0 Å². The number of amides is 2. The van der Waals surface area contributed by atoms with Crippen molar-refractivity contribution < 1.29 is 31.2 Å². The molecule has 4 N–H and O–H groups in total. The number of halogens is 3. The molecule has 0 spiro atoms. The quantitative estimate of drug-likeness (QED) is 0.299. The number of H-pyrrole nitrogens is 1. The Labute approximate surface area is 219 Å². The fraction of sp³-hybridized carbons (Fsp3) is 0.192. The van der Waals surface area contributed by atoms with Gasteiger partial charge in [0.05, 0.1) is 17.4 Å². The number of rotatable bonds is 7. The summed E-state index contributed by atoms with van der Waals surface area (Å²) in [6.07, 6.45) is 2.06. The van der Waals surface area contributed by atoms with Crippen LogP contribution in [0.25, 0.3) is 22.0 Å². The number of aromatic nitrogens is 2. The number of hydrogen-bond donors (Lipinski definition) is 3. The molecule has 2 amide bonds. The van der Waals surface area contributed by atoms with Gasteiger partial charge in [0.15, 0.2) is 11.6 Å². The summed E-state index contributed by atoms with van der Waals surface area (Å²) in [5, 5.41) is -0.477. The molecular formula is C26H21F3N4O5S. The van der Waals surface area contributed by atoms with Gasteiger partial charge in [-0.15, -0.1) is 0 Å². The first-order valence-corrected chi connectivity index (χ1v) is 13.3. The molecule has 13 heteroatoms. The highest BCUT2D eigenvalue weighted by molar-refractivity contribution is 7.91. The second kappa shape index (κ2) is 9.42. The van der Waals surface area contributed by atoms with Crippen molar-refractivity contribution in [1.82, 2.24) is 14.3 Å². The highest BCUT2D eigenvalue weighted by Crippen LogP contribution is 2.36. The predicted molar refractivity (Wildman–Crippen MR) is 136 cm³/mol. The van der Waals surface area contributed by atoms with E-state index in [2.05, 4.69) is 4.98 Å². The van der Waals surface area contributed by atoms with Crippen LogP contribution in [0, 0.1) is 24.4 Å². The number of primary amides is 1. The van der Waals surface area contributed by atoms with Crippen LogP contribution < -0.4 is 16.0 Å². The van der Waals surface area contributed by atoms with Gasteiger partial charge in [0.25, 0.3) is 17.4 Å². The summed E-state index contributed by atoms with van der Waals surface area (Å²) in [5.74, 6) is -7.10. The summed E-state index contributed by atoms with van der Waals surface area (Å²) in [6.45, 7) is 0.893. The Bertz CT molecular complexity index is 1860. The third-order valence-electron chi connectivity index (χ3n) is 6.55. The lowest BCUT2D eigenvalue weighted by molar-refractivity contribution is 0.0969. The monoisotopic (exact) mass is 558 g/mol. The Morgan fingerprint density at radius 1 is 1.13 bits per heavy atom. The fourth-order valence-electron chi connectivity index (χ4n) is 4.53. The van der Waals surface area contributed by atoms with E-state index < -0.39 is 73.5 Å². The van der Waals surface area contributed by atoms with Gasteiger partial charge in [-0.05, 0) is 50.1 Å². The van der Waals surface area contributed by atoms with Gasteiger partial charge in [-0.25, -0.2) is 26.3 Å². The number of fused-ring (bicyclic) bond motifs is 1. The van der Waals surface area contributed by atoms with Crippen LogP contribution in [0.15, 0.2) is 47.4 Å². The van der Waals surface area contributed by atoms with Crippen LogP contribution in [0.2, 0.25) is 0 Å². The largest absolute Gasteiger partial charge is 0.366 e. The molecular weight excluding hydrogens is 537 g/mol. The molecule has 0 bridgehead atoms. The summed E-state index contributed by atoms with van der Waals surface area (Å²) in [7, 11) is -4.09. The lowest BCUT2D eigenvalue weighted by Gasteiger charge is -2.15. The highest BCUT2D eigenvalue weighted by atomic mass is 32.2. The summed E-state index contributed by atoms with van der Waals surface area (Å²) in [5.41, 5.74) is 3.18. The van der Waals surface area contributed by atoms with E-state index in [-0.39, 0.29) is 16.6 Å². The zero-order valence-electron chi connectivity index (χ0n) is 20.3. The number of aromatic amines is 1. The first-order chi connectivity index (χ1) is 18.4. The minimum absolute atomic E-state index is 0.00592. The second-order valence-corrected chi connectivity index (χ2v) is 11.3. The molecule has 0 aliphatic heterocycles. The highest BCUT2D eigenvalue weighted by Gasteiger charge is 2.38. The number of carbonyl (C=O) groups is 2. The van der Waals surface area contributed by atoms with Crippen molar-refractivity contribution in [3.8, 4) is 11.1 Å². The maximum atomic E-state index is 15.3.